The lowest BCUT2D eigenvalue weighted by Crippen LogP contribution is -2.14. The number of pyridine rings is 1. The van der Waals surface area contributed by atoms with Gasteiger partial charge in [0, 0.05) is 34.1 Å². The van der Waals surface area contributed by atoms with Crippen molar-refractivity contribution in [3.05, 3.63) is 69.8 Å². The normalized spacial score (nSPS) is 12.9. The lowest BCUT2D eigenvalue weighted by atomic mass is 10.2. The van der Waals surface area contributed by atoms with E-state index in [0.717, 1.165) is 15.8 Å². The minimum atomic E-state index is -0.297. The van der Waals surface area contributed by atoms with E-state index in [-0.39, 0.29) is 5.91 Å². The highest BCUT2D eigenvalue weighted by Gasteiger charge is 2.18. The van der Waals surface area contributed by atoms with E-state index in [1.54, 1.807) is 30.5 Å². The van der Waals surface area contributed by atoms with E-state index in [1.807, 2.05) is 24.3 Å². The fraction of sp³-hybridized carbons (Fsp3) is 0.143. The molecule has 1 amide bonds. The Bertz CT molecular complexity index is 1050. The van der Waals surface area contributed by atoms with Crippen LogP contribution in [0.1, 0.15) is 16.8 Å². The van der Waals surface area contributed by atoms with E-state index in [2.05, 4.69) is 26.2 Å². The first-order valence-corrected chi connectivity index (χ1v) is 10.9. The largest absolute Gasteiger partial charge is 0.490 e. The molecule has 2 aromatic carbocycles. The molecule has 0 saturated heterocycles. The number of fused-ring (bicyclic) bond motifs is 1. The number of nitrogens with zero attached hydrogens (tertiary/aromatic N) is 1. The van der Waals surface area contributed by atoms with Crippen LogP contribution in [0.3, 0.4) is 0 Å². The van der Waals surface area contributed by atoms with Crippen LogP contribution in [0, 0.1) is 0 Å². The predicted octanol–water partition coefficient (Wildman–Crippen LogP) is 6.06. The Labute approximate surface area is 185 Å². The van der Waals surface area contributed by atoms with Crippen molar-refractivity contribution in [2.24, 2.45) is 0 Å². The molecule has 0 unspecified atom stereocenters. The third kappa shape index (κ3) is 4.86. The molecule has 1 aromatic heterocycles. The summed E-state index contributed by atoms with van der Waals surface area (Å²) in [6, 6.07) is 14.6. The van der Waals surface area contributed by atoms with Crippen LogP contribution in [-0.4, -0.2) is 24.1 Å². The number of nitrogens with one attached hydrogen (secondary N) is 1. The maximum atomic E-state index is 13.0. The average molecular weight is 492 g/mol. The second kappa shape index (κ2) is 9.07. The topological polar surface area (TPSA) is 60.5 Å². The van der Waals surface area contributed by atoms with E-state index in [1.165, 1.54) is 11.8 Å². The SMILES string of the molecule is O=C(Nc1cc2c(cc1Cl)OCCCO2)c1cccnc1Sc1ccc(Br)cc1. The van der Waals surface area contributed by atoms with Crippen molar-refractivity contribution in [1.29, 1.82) is 0 Å². The van der Waals surface area contributed by atoms with Crippen LogP contribution in [0.25, 0.3) is 0 Å². The molecule has 1 N–H and O–H groups in total. The molecular weight excluding hydrogens is 476 g/mol. The maximum Gasteiger partial charge on any atom is 0.258 e. The van der Waals surface area contributed by atoms with Gasteiger partial charge >= 0.3 is 0 Å². The van der Waals surface area contributed by atoms with Gasteiger partial charge in [-0.3, -0.25) is 4.79 Å². The van der Waals surface area contributed by atoms with Gasteiger partial charge in [-0.05, 0) is 36.4 Å². The molecule has 3 aromatic rings. The van der Waals surface area contributed by atoms with Crippen LogP contribution < -0.4 is 14.8 Å². The van der Waals surface area contributed by atoms with Crippen molar-refractivity contribution < 1.29 is 14.3 Å². The third-order valence-corrected chi connectivity index (χ3v) is 6.00. The number of benzene rings is 2. The summed E-state index contributed by atoms with van der Waals surface area (Å²) in [4.78, 5) is 18.3. The van der Waals surface area contributed by atoms with Crippen molar-refractivity contribution in [3.63, 3.8) is 0 Å². The molecule has 0 spiro atoms. The van der Waals surface area contributed by atoms with Crippen LogP contribution in [0.5, 0.6) is 11.5 Å². The van der Waals surface area contributed by atoms with E-state index in [4.69, 9.17) is 21.1 Å². The number of aromatic nitrogens is 1. The summed E-state index contributed by atoms with van der Waals surface area (Å²) in [5.41, 5.74) is 0.924. The molecule has 8 heteroatoms. The fourth-order valence-electron chi connectivity index (χ4n) is 2.73. The molecule has 0 fully saturated rings. The minimum absolute atomic E-state index is 0.297. The van der Waals surface area contributed by atoms with Crippen molar-refractivity contribution >= 4 is 50.9 Å². The number of rotatable bonds is 4. The van der Waals surface area contributed by atoms with E-state index in [0.29, 0.717) is 46.0 Å². The molecule has 4 rings (SSSR count). The molecule has 0 bridgehead atoms. The lowest BCUT2D eigenvalue weighted by Gasteiger charge is -2.13. The zero-order valence-corrected chi connectivity index (χ0v) is 18.3. The maximum absolute atomic E-state index is 13.0. The Morgan fingerprint density at radius 2 is 1.83 bits per heavy atom. The summed E-state index contributed by atoms with van der Waals surface area (Å²) in [6.07, 6.45) is 2.46. The van der Waals surface area contributed by atoms with Crippen LogP contribution in [0.4, 0.5) is 5.69 Å². The summed E-state index contributed by atoms with van der Waals surface area (Å²) in [6.45, 7) is 1.12. The van der Waals surface area contributed by atoms with Crippen molar-refractivity contribution in [1.82, 2.24) is 4.98 Å². The summed E-state index contributed by atoms with van der Waals surface area (Å²) in [5.74, 6) is 0.852. The Balaban J connectivity index is 1.58. The first kappa shape index (κ1) is 20.1. The standard InChI is InChI=1S/C21H16BrClN2O3S/c22-13-4-6-14(7-5-13)29-21-15(3-1-8-24-21)20(26)25-17-12-19-18(11-16(17)23)27-9-2-10-28-19/h1,3-8,11-12H,2,9-10H2,(H,25,26). The lowest BCUT2D eigenvalue weighted by molar-refractivity contribution is 0.102. The van der Waals surface area contributed by atoms with Gasteiger partial charge in [-0.15, -0.1) is 0 Å². The second-order valence-electron chi connectivity index (χ2n) is 6.20. The number of amides is 1. The Hall–Kier alpha value is -2.22. The van der Waals surface area contributed by atoms with Gasteiger partial charge in [0.1, 0.15) is 5.03 Å². The molecular formula is C21H16BrClN2O3S. The molecule has 0 saturated carbocycles. The smallest absolute Gasteiger partial charge is 0.258 e. The van der Waals surface area contributed by atoms with Gasteiger partial charge in [0.2, 0.25) is 0 Å². The van der Waals surface area contributed by atoms with Gasteiger partial charge in [-0.25, -0.2) is 4.98 Å². The quantitative estimate of drug-likeness (QED) is 0.480. The van der Waals surface area contributed by atoms with Crippen molar-refractivity contribution in [2.75, 3.05) is 18.5 Å². The summed E-state index contributed by atoms with van der Waals surface area (Å²) >= 11 is 11.2. The molecule has 2 heterocycles. The van der Waals surface area contributed by atoms with E-state index in [9.17, 15) is 4.79 Å². The van der Waals surface area contributed by atoms with Gasteiger partial charge in [-0.1, -0.05) is 39.3 Å². The van der Waals surface area contributed by atoms with Gasteiger partial charge in [-0.2, -0.15) is 0 Å². The van der Waals surface area contributed by atoms with Gasteiger partial charge in [0.25, 0.3) is 5.91 Å². The molecule has 148 valence electrons. The van der Waals surface area contributed by atoms with Gasteiger partial charge in [0.15, 0.2) is 11.5 Å². The molecule has 29 heavy (non-hydrogen) atoms. The number of carbonyl (C=O) groups is 1. The van der Waals surface area contributed by atoms with Gasteiger partial charge < -0.3 is 14.8 Å². The van der Waals surface area contributed by atoms with Crippen LogP contribution in [0.15, 0.2) is 69.1 Å². The van der Waals surface area contributed by atoms with E-state index < -0.39 is 0 Å². The number of halogens is 2. The minimum Gasteiger partial charge on any atom is -0.490 e. The Kier molecular flexibility index (Phi) is 6.28. The predicted molar refractivity (Wildman–Crippen MR) is 118 cm³/mol. The highest BCUT2D eigenvalue weighted by Crippen LogP contribution is 2.38. The highest BCUT2D eigenvalue weighted by atomic mass is 79.9. The van der Waals surface area contributed by atoms with Crippen LogP contribution in [0.2, 0.25) is 5.02 Å². The molecule has 5 nitrogen and oxygen atoms in total. The number of hydrogen-bond donors (Lipinski definition) is 1. The van der Waals surface area contributed by atoms with Gasteiger partial charge in [0.05, 0.1) is 29.5 Å². The highest BCUT2D eigenvalue weighted by molar-refractivity contribution is 9.10. The summed E-state index contributed by atoms with van der Waals surface area (Å²) < 4.78 is 12.3. The zero-order valence-electron chi connectivity index (χ0n) is 15.2. The molecule has 0 atom stereocenters. The average Bonchev–Trinajstić information content (AvgIpc) is 2.95. The van der Waals surface area contributed by atoms with E-state index >= 15 is 0 Å². The number of ether oxygens (including phenoxy) is 2. The first-order chi connectivity index (χ1) is 14.1. The Morgan fingerprint density at radius 3 is 2.59 bits per heavy atom. The number of hydrogen-bond acceptors (Lipinski definition) is 5. The van der Waals surface area contributed by atoms with Crippen LogP contribution >= 0.6 is 39.3 Å². The zero-order chi connectivity index (χ0) is 20.2. The molecule has 1 aliphatic heterocycles. The monoisotopic (exact) mass is 490 g/mol. The van der Waals surface area contributed by atoms with Crippen molar-refractivity contribution in [3.8, 4) is 11.5 Å². The molecule has 0 radical (unpaired) electrons. The number of carbonyl (C=O) groups excluding carboxylic acids is 1. The fourth-order valence-corrected chi connectivity index (χ4v) is 4.07. The second-order valence-corrected chi connectivity index (χ2v) is 8.58. The van der Waals surface area contributed by atoms with Crippen LogP contribution in [-0.2, 0) is 0 Å². The Morgan fingerprint density at radius 1 is 1.10 bits per heavy atom. The number of anilines is 1. The first-order valence-electron chi connectivity index (χ1n) is 8.89. The molecule has 1 aliphatic rings. The third-order valence-electron chi connectivity index (χ3n) is 4.13. The summed E-state index contributed by atoms with van der Waals surface area (Å²) in [5, 5.41) is 3.86. The molecule has 0 aliphatic carbocycles. The summed E-state index contributed by atoms with van der Waals surface area (Å²) in [7, 11) is 0. The van der Waals surface area contributed by atoms with Crippen molar-refractivity contribution in [2.45, 2.75) is 16.3 Å².